The van der Waals surface area contributed by atoms with E-state index in [4.69, 9.17) is 16.7 Å². The molecular weight excluding hydrogens is 336 g/mol. The van der Waals surface area contributed by atoms with Crippen LogP contribution in [0.5, 0.6) is 0 Å². The molecule has 0 bridgehead atoms. The van der Waals surface area contributed by atoms with Gasteiger partial charge in [0.2, 0.25) is 0 Å². The highest BCUT2D eigenvalue weighted by molar-refractivity contribution is 7.98. The van der Waals surface area contributed by atoms with E-state index in [0.717, 1.165) is 40.4 Å². The third-order valence-electron chi connectivity index (χ3n) is 2.83. The Bertz CT molecular complexity index is 520. The summed E-state index contributed by atoms with van der Waals surface area (Å²) in [6.07, 6.45) is 1.47. The van der Waals surface area contributed by atoms with E-state index in [1.54, 1.807) is 11.9 Å². The summed E-state index contributed by atoms with van der Waals surface area (Å²) in [5.41, 5.74) is 0.996. The van der Waals surface area contributed by atoms with Crippen LogP contribution in [-0.2, 0) is 4.84 Å². The standard InChI is InChI=1S/C11H15ClN4O3S2/c12-8-5-9-11(6-10(8)20-13)21-15(7-14-9)3-1-2-4-19-16(17)18/h5-6,14H,1-4,7,13H2. The zero-order chi connectivity index (χ0) is 15.2. The van der Waals surface area contributed by atoms with Gasteiger partial charge in [-0.15, -0.1) is 10.1 Å². The van der Waals surface area contributed by atoms with Crippen molar-refractivity contribution in [3.63, 3.8) is 0 Å². The SMILES string of the molecule is NSc1cc2c(cc1Cl)NCN(CCCCO[N+](=O)[O-])S2. The average Bonchev–Trinajstić information content (AvgIpc) is 2.46. The predicted octanol–water partition coefficient (Wildman–Crippen LogP) is 2.99. The molecular formula is C11H15ClN4O3S2. The Morgan fingerprint density at radius 1 is 1.57 bits per heavy atom. The van der Waals surface area contributed by atoms with Gasteiger partial charge in [0.1, 0.15) is 0 Å². The summed E-state index contributed by atoms with van der Waals surface area (Å²) < 4.78 is 2.15. The van der Waals surface area contributed by atoms with Gasteiger partial charge in [-0.05, 0) is 48.9 Å². The van der Waals surface area contributed by atoms with Crippen LogP contribution in [0.2, 0.25) is 5.02 Å². The van der Waals surface area contributed by atoms with Crippen molar-refractivity contribution in [1.82, 2.24) is 4.31 Å². The Morgan fingerprint density at radius 3 is 3.10 bits per heavy atom. The van der Waals surface area contributed by atoms with Gasteiger partial charge in [-0.25, -0.2) is 4.31 Å². The smallest absolute Gasteiger partial charge is 0.294 e. The molecule has 0 amide bonds. The van der Waals surface area contributed by atoms with Crippen LogP contribution in [0, 0.1) is 10.1 Å². The maximum atomic E-state index is 10.0. The monoisotopic (exact) mass is 350 g/mol. The van der Waals surface area contributed by atoms with Crippen molar-refractivity contribution in [2.24, 2.45) is 5.14 Å². The van der Waals surface area contributed by atoms with Crippen LogP contribution in [0.15, 0.2) is 21.9 Å². The molecule has 0 aromatic heterocycles. The molecule has 2 rings (SSSR count). The van der Waals surface area contributed by atoms with Gasteiger partial charge in [0.25, 0.3) is 5.09 Å². The molecule has 10 heteroatoms. The number of nitrogens with one attached hydrogen (secondary N) is 1. The Labute approximate surface area is 135 Å². The molecule has 21 heavy (non-hydrogen) atoms. The van der Waals surface area contributed by atoms with Gasteiger partial charge in [-0.2, -0.15) is 0 Å². The van der Waals surface area contributed by atoms with E-state index in [0.29, 0.717) is 18.1 Å². The predicted molar refractivity (Wildman–Crippen MR) is 84.7 cm³/mol. The number of benzene rings is 1. The van der Waals surface area contributed by atoms with Crippen LogP contribution >= 0.6 is 35.5 Å². The summed E-state index contributed by atoms with van der Waals surface area (Å²) in [5.74, 6) is 0. The summed E-state index contributed by atoms with van der Waals surface area (Å²) >= 11 is 8.86. The summed E-state index contributed by atoms with van der Waals surface area (Å²) in [5, 5.41) is 18.8. The Kier molecular flexibility index (Phi) is 6.24. The summed E-state index contributed by atoms with van der Waals surface area (Å²) in [4.78, 5) is 16.2. The lowest BCUT2D eigenvalue weighted by atomic mass is 10.3. The molecule has 0 saturated heterocycles. The second kappa shape index (κ2) is 7.95. The maximum Gasteiger partial charge on any atom is 0.294 e. The van der Waals surface area contributed by atoms with E-state index in [1.165, 1.54) is 0 Å². The summed E-state index contributed by atoms with van der Waals surface area (Å²) in [6, 6.07) is 3.84. The third-order valence-corrected chi connectivity index (χ3v) is 4.95. The lowest BCUT2D eigenvalue weighted by Crippen LogP contribution is -2.28. The number of unbranched alkanes of at least 4 members (excludes halogenated alkanes) is 1. The number of nitrogens with two attached hydrogens (primary N) is 1. The number of halogens is 1. The van der Waals surface area contributed by atoms with Crippen LogP contribution < -0.4 is 10.5 Å². The molecule has 3 N–H and O–H groups in total. The van der Waals surface area contributed by atoms with Crippen molar-refractivity contribution >= 4 is 41.2 Å². The third kappa shape index (κ3) is 4.82. The lowest BCUT2D eigenvalue weighted by molar-refractivity contribution is -0.757. The van der Waals surface area contributed by atoms with Crippen LogP contribution in [0.25, 0.3) is 0 Å². The minimum atomic E-state index is -0.761. The minimum absolute atomic E-state index is 0.138. The second-order valence-electron chi connectivity index (χ2n) is 4.29. The van der Waals surface area contributed by atoms with Crippen LogP contribution in [-0.4, -0.2) is 29.2 Å². The molecule has 1 aromatic carbocycles. The normalized spacial score (nSPS) is 14.4. The summed E-state index contributed by atoms with van der Waals surface area (Å²) in [7, 11) is 0. The lowest BCUT2D eigenvalue weighted by Gasteiger charge is -2.29. The fraction of sp³-hybridized carbons (Fsp3) is 0.455. The first-order valence-corrected chi connectivity index (χ1v) is 8.27. The van der Waals surface area contributed by atoms with E-state index in [9.17, 15) is 10.1 Å². The molecule has 7 nitrogen and oxygen atoms in total. The van der Waals surface area contributed by atoms with E-state index >= 15 is 0 Å². The van der Waals surface area contributed by atoms with Crippen LogP contribution in [0.3, 0.4) is 0 Å². The van der Waals surface area contributed by atoms with Crippen LogP contribution in [0.1, 0.15) is 12.8 Å². The van der Waals surface area contributed by atoms with Crippen molar-refractivity contribution in [3.05, 3.63) is 27.3 Å². The number of rotatable bonds is 7. The molecule has 1 aliphatic heterocycles. The molecule has 0 atom stereocenters. The summed E-state index contributed by atoms with van der Waals surface area (Å²) in [6.45, 7) is 1.64. The van der Waals surface area contributed by atoms with E-state index in [1.807, 2.05) is 12.1 Å². The molecule has 0 radical (unpaired) electrons. The molecule has 0 saturated carbocycles. The quantitative estimate of drug-likeness (QED) is 0.335. The molecule has 116 valence electrons. The largest absolute Gasteiger partial charge is 0.371 e. The molecule has 1 aliphatic rings. The number of fused-ring (bicyclic) bond motifs is 1. The molecule has 0 unspecified atom stereocenters. The van der Waals surface area contributed by atoms with E-state index in [2.05, 4.69) is 14.5 Å². The van der Waals surface area contributed by atoms with E-state index in [-0.39, 0.29) is 6.61 Å². The Balaban J connectivity index is 1.83. The van der Waals surface area contributed by atoms with Gasteiger partial charge in [0.15, 0.2) is 0 Å². The van der Waals surface area contributed by atoms with Crippen molar-refractivity contribution in [1.29, 1.82) is 0 Å². The molecule has 0 spiro atoms. The first-order valence-electron chi connectivity index (χ1n) is 6.24. The molecule has 0 fully saturated rings. The number of nitrogens with zero attached hydrogens (tertiary/aromatic N) is 2. The highest BCUT2D eigenvalue weighted by Crippen LogP contribution is 2.39. The van der Waals surface area contributed by atoms with Crippen LogP contribution in [0.4, 0.5) is 5.69 Å². The molecule has 1 heterocycles. The number of anilines is 1. The van der Waals surface area contributed by atoms with Crippen molar-refractivity contribution in [2.75, 3.05) is 25.1 Å². The molecule has 1 aromatic rings. The van der Waals surface area contributed by atoms with Gasteiger partial charge >= 0.3 is 0 Å². The molecule has 0 aliphatic carbocycles. The van der Waals surface area contributed by atoms with Gasteiger partial charge in [0, 0.05) is 16.3 Å². The Hall–Kier alpha value is -0.870. The minimum Gasteiger partial charge on any atom is -0.371 e. The fourth-order valence-corrected chi connectivity index (χ4v) is 3.59. The van der Waals surface area contributed by atoms with Gasteiger partial charge in [-0.1, -0.05) is 11.6 Å². The first-order chi connectivity index (χ1) is 10.1. The fourth-order valence-electron chi connectivity index (χ4n) is 1.84. The topological polar surface area (TPSA) is 93.7 Å². The van der Waals surface area contributed by atoms with Gasteiger partial charge in [0.05, 0.1) is 24.0 Å². The van der Waals surface area contributed by atoms with Gasteiger partial charge < -0.3 is 10.2 Å². The Morgan fingerprint density at radius 2 is 2.38 bits per heavy atom. The number of hydrogen-bond donors (Lipinski definition) is 2. The maximum absolute atomic E-state index is 10.0. The highest BCUT2D eigenvalue weighted by Gasteiger charge is 2.18. The second-order valence-corrected chi connectivity index (χ2v) is 6.51. The zero-order valence-electron chi connectivity index (χ0n) is 11.1. The highest BCUT2D eigenvalue weighted by atomic mass is 35.5. The van der Waals surface area contributed by atoms with Crippen molar-refractivity contribution in [2.45, 2.75) is 22.6 Å². The van der Waals surface area contributed by atoms with Crippen molar-refractivity contribution in [3.8, 4) is 0 Å². The zero-order valence-corrected chi connectivity index (χ0v) is 13.5. The van der Waals surface area contributed by atoms with Crippen molar-refractivity contribution < 1.29 is 9.92 Å². The average molecular weight is 351 g/mol. The number of hydrogen-bond acceptors (Lipinski definition) is 8. The van der Waals surface area contributed by atoms with Gasteiger partial charge in [-0.3, -0.25) is 5.14 Å². The first kappa shape index (κ1) is 16.5. The van der Waals surface area contributed by atoms with E-state index < -0.39 is 5.09 Å².